The van der Waals surface area contributed by atoms with E-state index in [0.717, 1.165) is 4.90 Å². The van der Waals surface area contributed by atoms with Crippen LogP contribution in [0.4, 0.5) is 27.3 Å². The molecule has 1 heterocycles. The summed E-state index contributed by atoms with van der Waals surface area (Å²) in [4.78, 5) is 53.4. The van der Waals surface area contributed by atoms with E-state index in [0.29, 0.717) is 17.7 Å². The number of amides is 3. The van der Waals surface area contributed by atoms with E-state index < -0.39 is 17.3 Å². The van der Waals surface area contributed by atoms with Gasteiger partial charge in [-0.25, -0.2) is 4.39 Å². The Morgan fingerprint density at radius 1 is 1.13 bits per heavy atom. The summed E-state index contributed by atoms with van der Waals surface area (Å²) in [6.45, 7) is 3.00. The van der Waals surface area contributed by atoms with Gasteiger partial charge in [-0.05, 0) is 43.7 Å². The minimum Gasteiger partial charge on any atom is -0.484 e. The lowest BCUT2D eigenvalue weighted by atomic mass is 10.1. The van der Waals surface area contributed by atoms with Crippen molar-refractivity contribution in [2.24, 2.45) is 7.05 Å². The van der Waals surface area contributed by atoms with Crippen molar-refractivity contribution >= 4 is 41.1 Å². The molecule has 3 amide bonds. The zero-order valence-corrected chi connectivity index (χ0v) is 22.1. The van der Waals surface area contributed by atoms with Crippen molar-refractivity contribution in [1.82, 2.24) is 14.8 Å². The fourth-order valence-corrected chi connectivity index (χ4v) is 3.83. The fourth-order valence-electron chi connectivity index (χ4n) is 3.83. The highest BCUT2D eigenvalue weighted by atomic mass is 19.1. The Kier molecular flexibility index (Phi) is 8.51. The van der Waals surface area contributed by atoms with Crippen molar-refractivity contribution in [2.45, 2.75) is 13.8 Å². The average Bonchev–Trinajstić information content (AvgIpc) is 2.89. The van der Waals surface area contributed by atoms with Crippen LogP contribution in [0.3, 0.4) is 0 Å². The van der Waals surface area contributed by atoms with E-state index in [-0.39, 0.29) is 46.5 Å². The molecule has 2 N–H and O–H groups in total. The molecule has 0 saturated carbocycles. The number of ether oxygens (including phenoxy) is 1. The van der Waals surface area contributed by atoms with Crippen LogP contribution in [0.25, 0.3) is 0 Å². The number of hydrogen-bond donors (Lipinski definition) is 2. The second-order valence-corrected chi connectivity index (χ2v) is 8.80. The van der Waals surface area contributed by atoms with E-state index in [4.69, 9.17) is 4.74 Å². The number of nitrogens with one attached hydrogen (secondary N) is 2. The largest absolute Gasteiger partial charge is 0.484 e. The first kappa shape index (κ1) is 27.9. The number of aryl methyl sites for hydroxylation is 1. The van der Waals surface area contributed by atoms with Crippen molar-refractivity contribution in [1.29, 1.82) is 0 Å². The molecule has 0 spiro atoms. The standard InChI is InChI=1S/C27H30FN5O5/c1-16-10-11-21(20(28)12-16)30-25-23(27(37)31(4)5)24(17(2)26(36)32(25)6)33(15-34)18-8-7-9-19(13-18)38-14-22(35)29-3/h7-13,15,30H,14H2,1-6H3,(H,29,35). The predicted molar refractivity (Wildman–Crippen MR) is 143 cm³/mol. The summed E-state index contributed by atoms with van der Waals surface area (Å²) < 4.78 is 21.5. The zero-order chi connectivity index (χ0) is 28.1. The van der Waals surface area contributed by atoms with Gasteiger partial charge in [-0.2, -0.15) is 0 Å². The molecule has 10 nitrogen and oxygen atoms in total. The lowest BCUT2D eigenvalue weighted by molar-refractivity contribution is -0.122. The van der Waals surface area contributed by atoms with Gasteiger partial charge in [-0.1, -0.05) is 12.1 Å². The van der Waals surface area contributed by atoms with Crippen molar-refractivity contribution in [3.63, 3.8) is 0 Å². The molecular weight excluding hydrogens is 493 g/mol. The van der Waals surface area contributed by atoms with Gasteiger partial charge in [0.05, 0.1) is 17.1 Å². The van der Waals surface area contributed by atoms with E-state index in [1.165, 1.54) is 62.8 Å². The second-order valence-electron chi connectivity index (χ2n) is 8.80. The van der Waals surface area contributed by atoms with Crippen LogP contribution in [-0.4, -0.2) is 55.4 Å². The topological polar surface area (TPSA) is 113 Å². The van der Waals surface area contributed by atoms with Crippen LogP contribution in [0.15, 0.2) is 47.3 Å². The number of hydrogen-bond acceptors (Lipinski definition) is 6. The Bertz CT molecular complexity index is 1450. The number of carbonyl (C=O) groups is 3. The number of halogens is 1. The zero-order valence-electron chi connectivity index (χ0n) is 22.1. The van der Waals surface area contributed by atoms with Gasteiger partial charge in [0.15, 0.2) is 6.61 Å². The molecule has 3 rings (SSSR count). The van der Waals surface area contributed by atoms with Gasteiger partial charge in [0.1, 0.15) is 22.9 Å². The van der Waals surface area contributed by atoms with Gasteiger partial charge in [0.2, 0.25) is 6.41 Å². The highest BCUT2D eigenvalue weighted by Gasteiger charge is 2.29. The maximum absolute atomic E-state index is 14.8. The highest BCUT2D eigenvalue weighted by molar-refractivity contribution is 6.08. The SMILES string of the molecule is CNC(=O)COc1cccc(N(C=O)c2c(C(=O)N(C)C)c(Nc3ccc(C)cc3F)n(C)c(=O)c2C)c1. The van der Waals surface area contributed by atoms with Crippen LogP contribution in [0.5, 0.6) is 5.75 Å². The molecule has 3 aromatic rings. The van der Waals surface area contributed by atoms with Gasteiger partial charge in [0, 0.05) is 39.8 Å². The molecule has 2 aromatic carbocycles. The smallest absolute Gasteiger partial charge is 0.259 e. The third-order valence-electron chi connectivity index (χ3n) is 5.88. The van der Waals surface area contributed by atoms with Crippen molar-refractivity contribution < 1.29 is 23.5 Å². The third-order valence-corrected chi connectivity index (χ3v) is 5.88. The monoisotopic (exact) mass is 523 g/mol. The summed E-state index contributed by atoms with van der Waals surface area (Å²) in [5, 5.41) is 5.34. The van der Waals surface area contributed by atoms with E-state index in [1.807, 2.05) is 0 Å². The van der Waals surface area contributed by atoms with E-state index in [2.05, 4.69) is 10.6 Å². The molecule has 0 aliphatic heterocycles. The normalized spacial score (nSPS) is 10.5. The van der Waals surface area contributed by atoms with Gasteiger partial charge in [0.25, 0.3) is 17.4 Å². The molecule has 0 aliphatic carbocycles. The summed E-state index contributed by atoms with van der Waals surface area (Å²) in [6, 6.07) is 10.8. The molecular formula is C27H30FN5O5. The summed E-state index contributed by atoms with van der Waals surface area (Å²) in [5.74, 6) is -1.14. The molecule has 0 unspecified atom stereocenters. The lowest BCUT2D eigenvalue weighted by Gasteiger charge is -2.27. The Labute approximate surface area is 219 Å². The van der Waals surface area contributed by atoms with E-state index >= 15 is 0 Å². The summed E-state index contributed by atoms with van der Waals surface area (Å²) in [6.07, 6.45) is 0.475. The van der Waals surface area contributed by atoms with Crippen molar-refractivity contribution in [3.05, 3.63) is 75.3 Å². The third kappa shape index (κ3) is 5.66. The highest BCUT2D eigenvalue weighted by Crippen LogP contribution is 2.36. The number of nitrogens with zero attached hydrogens (tertiary/aromatic N) is 3. The van der Waals surface area contributed by atoms with Crippen LogP contribution in [0.1, 0.15) is 21.5 Å². The Morgan fingerprint density at radius 3 is 2.45 bits per heavy atom. The van der Waals surface area contributed by atoms with Crippen LogP contribution in [0, 0.1) is 19.7 Å². The van der Waals surface area contributed by atoms with Crippen LogP contribution in [0.2, 0.25) is 0 Å². The number of anilines is 4. The van der Waals surface area contributed by atoms with Gasteiger partial charge in [-0.15, -0.1) is 0 Å². The Balaban J connectivity index is 2.26. The molecule has 0 fully saturated rings. The summed E-state index contributed by atoms with van der Waals surface area (Å²) in [7, 11) is 5.99. The molecule has 1 aromatic heterocycles. The van der Waals surface area contributed by atoms with E-state index in [1.54, 1.807) is 31.2 Å². The van der Waals surface area contributed by atoms with Crippen LogP contribution in [-0.2, 0) is 16.6 Å². The maximum Gasteiger partial charge on any atom is 0.259 e. The first-order valence-electron chi connectivity index (χ1n) is 11.7. The minimum absolute atomic E-state index is 0.0101. The summed E-state index contributed by atoms with van der Waals surface area (Å²) >= 11 is 0. The second kappa shape index (κ2) is 11.6. The van der Waals surface area contributed by atoms with Gasteiger partial charge < -0.3 is 20.3 Å². The fraction of sp³-hybridized carbons (Fsp3) is 0.259. The number of rotatable bonds is 9. The molecule has 38 heavy (non-hydrogen) atoms. The number of aromatic nitrogens is 1. The molecule has 0 radical (unpaired) electrons. The van der Waals surface area contributed by atoms with Crippen LogP contribution >= 0.6 is 0 Å². The molecule has 0 atom stereocenters. The molecule has 200 valence electrons. The number of carbonyl (C=O) groups excluding carboxylic acids is 3. The molecule has 0 bridgehead atoms. The Morgan fingerprint density at radius 2 is 1.84 bits per heavy atom. The van der Waals surface area contributed by atoms with Crippen molar-refractivity contribution in [2.75, 3.05) is 38.0 Å². The Hall–Kier alpha value is -4.67. The first-order chi connectivity index (χ1) is 18.0. The molecule has 0 saturated heterocycles. The number of likely N-dealkylation sites (N-methyl/N-ethyl adjacent to an activating group) is 1. The number of benzene rings is 2. The lowest BCUT2D eigenvalue weighted by Crippen LogP contribution is -2.33. The quantitative estimate of drug-likeness (QED) is 0.417. The van der Waals surface area contributed by atoms with Crippen LogP contribution < -0.4 is 25.8 Å². The average molecular weight is 524 g/mol. The maximum atomic E-state index is 14.8. The summed E-state index contributed by atoms with van der Waals surface area (Å²) in [5.41, 5.74) is 0.669. The van der Waals surface area contributed by atoms with Crippen molar-refractivity contribution in [3.8, 4) is 5.75 Å². The predicted octanol–water partition coefficient (Wildman–Crippen LogP) is 3.01. The molecule has 11 heteroatoms. The van der Waals surface area contributed by atoms with E-state index in [9.17, 15) is 23.6 Å². The molecule has 0 aliphatic rings. The minimum atomic E-state index is -0.573. The van der Waals surface area contributed by atoms with Gasteiger partial charge in [-0.3, -0.25) is 28.6 Å². The van der Waals surface area contributed by atoms with Gasteiger partial charge >= 0.3 is 0 Å². The first-order valence-corrected chi connectivity index (χ1v) is 11.7. The number of pyridine rings is 1.